The maximum absolute atomic E-state index is 12.8. The average molecular weight is 341 g/mol. The number of ether oxygens (including phenoxy) is 1. The third kappa shape index (κ3) is 2.84. The van der Waals surface area contributed by atoms with Gasteiger partial charge in [-0.25, -0.2) is 13.4 Å². The number of nitrogens with zero attached hydrogens (tertiary/aromatic N) is 2. The van der Waals surface area contributed by atoms with E-state index < -0.39 is 16.1 Å². The molecule has 0 saturated carbocycles. The van der Waals surface area contributed by atoms with Crippen molar-refractivity contribution in [3.8, 4) is 0 Å². The van der Waals surface area contributed by atoms with Crippen LogP contribution in [-0.2, 0) is 14.8 Å². The summed E-state index contributed by atoms with van der Waals surface area (Å²) < 4.78 is 32.6. The van der Waals surface area contributed by atoms with Gasteiger partial charge in [0.1, 0.15) is 10.0 Å². The molecule has 0 amide bonds. The van der Waals surface area contributed by atoms with Crippen molar-refractivity contribution < 1.29 is 13.2 Å². The molecule has 1 aliphatic heterocycles. The van der Waals surface area contributed by atoms with Crippen molar-refractivity contribution in [2.45, 2.75) is 17.2 Å². The highest BCUT2D eigenvalue weighted by atomic mass is 32.2. The molecule has 9 heteroatoms. The number of rotatable bonds is 3. The van der Waals surface area contributed by atoms with Crippen molar-refractivity contribution in [2.24, 2.45) is 0 Å². The molecular formula is C13H15N3O4S2. The quantitative estimate of drug-likeness (QED) is 0.895. The van der Waals surface area contributed by atoms with Crippen molar-refractivity contribution in [3.05, 3.63) is 45.5 Å². The first-order chi connectivity index (χ1) is 10.5. The number of H-pyrrole nitrogens is 1. The van der Waals surface area contributed by atoms with Gasteiger partial charge in [0.2, 0.25) is 0 Å². The SMILES string of the molecule is Cc1nc([C@H]2COCCN2S(=O)(=O)c2cccs2)cc(=O)[nH]1. The minimum Gasteiger partial charge on any atom is -0.378 e. The van der Waals surface area contributed by atoms with Crippen LogP contribution in [0.25, 0.3) is 0 Å². The van der Waals surface area contributed by atoms with Gasteiger partial charge in [-0.2, -0.15) is 4.31 Å². The van der Waals surface area contributed by atoms with E-state index in [-0.39, 0.29) is 22.9 Å². The van der Waals surface area contributed by atoms with Gasteiger partial charge in [-0.15, -0.1) is 11.3 Å². The van der Waals surface area contributed by atoms with Crippen LogP contribution in [0.1, 0.15) is 17.6 Å². The van der Waals surface area contributed by atoms with Crippen LogP contribution >= 0.6 is 11.3 Å². The predicted octanol–water partition coefficient (Wildman–Crippen LogP) is 0.902. The molecule has 3 rings (SSSR count). The number of aromatic amines is 1. The lowest BCUT2D eigenvalue weighted by Gasteiger charge is -2.33. The van der Waals surface area contributed by atoms with Gasteiger partial charge in [-0.3, -0.25) is 4.79 Å². The zero-order valence-corrected chi connectivity index (χ0v) is 13.5. The molecule has 1 fully saturated rings. The third-order valence-electron chi connectivity index (χ3n) is 3.36. The van der Waals surface area contributed by atoms with Crippen LogP contribution in [0.5, 0.6) is 0 Å². The van der Waals surface area contributed by atoms with Crippen LogP contribution in [0.3, 0.4) is 0 Å². The first kappa shape index (κ1) is 15.3. The Balaban J connectivity index is 2.03. The van der Waals surface area contributed by atoms with Gasteiger partial charge in [0, 0.05) is 12.6 Å². The lowest BCUT2D eigenvalue weighted by Crippen LogP contribution is -2.43. The molecule has 2 aromatic heterocycles. The summed E-state index contributed by atoms with van der Waals surface area (Å²) in [7, 11) is -3.62. The Kier molecular flexibility index (Phi) is 4.13. The second kappa shape index (κ2) is 5.92. The smallest absolute Gasteiger partial charge is 0.253 e. The summed E-state index contributed by atoms with van der Waals surface area (Å²) in [6.45, 7) is 2.40. The minimum absolute atomic E-state index is 0.181. The highest BCUT2D eigenvalue weighted by Crippen LogP contribution is 2.30. The number of hydrogen-bond donors (Lipinski definition) is 1. The van der Waals surface area contributed by atoms with E-state index in [2.05, 4.69) is 9.97 Å². The zero-order valence-electron chi connectivity index (χ0n) is 11.9. The van der Waals surface area contributed by atoms with E-state index in [1.165, 1.54) is 21.7 Å². The van der Waals surface area contributed by atoms with Gasteiger partial charge in [-0.1, -0.05) is 6.07 Å². The lowest BCUT2D eigenvalue weighted by atomic mass is 10.2. The molecule has 118 valence electrons. The van der Waals surface area contributed by atoms with Gasteiger partial charge in [-0.05, 0) is 18.4 Å². The molecule has 1 saturated heterocycles. The summed E-state index contributed by atoms with van der Waals surface area (Å²) in [5.74, 6) is 0.446. The van der Waals surface area contributed by atoms with Crippen molar-refractivity contribution in [1.82, 2.24) is 14.3 Å². The van der Waals surface area contributed by atoms with E-state index in [4.69, 9.17) is 4.74 Å². The van der Waals surface area contributed by atoms with Crippen molar-refractivity contribution >= 4 is 21.4 Å². The zero-order chi connectivity index (χ0) is 15.7. The molecular weight excluding hydrogens is 326 g/mol. The number of aromatic nitrogens is 2. The summed E-state index contributed by atoms with van der Waals surface area (Å²) in [5, 5.41) is 1.72. The Morgan fingerprint density at radius 1 is 1.50 bits per heavy atom. The summed E-state index contributed by atoms with van der Waals surface area (Å²) in [4.78, 5) is 18.5. The van der Waals surface area contributed by atoms with Gasteiger partial charge in [0.15, 0.2) is 0 Å². The topological polar surface area (TPSA) is 92.4 Å². The van der Waals surface area contributed by atoms with E-state index in [1.54, 1.807) is 24.4 Å². The standard InChI is InChI=1S/C13H15N3O4S2/c1-9-14-10(7-12(17)15-9)11-8-20-5-4-16(11)22(18,19)13-3-2-6-21-13/h2-3,6-7,11H,4-5,8H2,1H3,(H,14,15,17)/t11-/m1/s1. The maximum atomic E-state index is 12.8. The van der Waals surface area contributed by atoms with Gasteiger partial charge in [0.05, 0.1) is 24.9 Å². The molecule has 0 aromatic carbocycles. The monoisotopic (exact) mass is 341 g/mol. The first-order valence-electron chi connectivity index (χ1n) is 6.69. The summed E-state index contributed by atoms with van der Waals surface area (Å²) in [5.41, 5.74) is 0.0997. The predicted molar refractivity (Wildman–Crippen MR) is 81.4 cm³/mol. The highest BCUT2D eigenvalue weighted by molar-refractivity contribution is 7.91. The van der Waals surface area contributed by atoms with Gasteiger partial charge in [0.25, 0.3) is 15.6 Å². The van der Waals surface area contributed by atoms with E-state index in [9.17, 15) is 13.2 Å². The molecule has 0 spiro atoms. The Labute approximate surface area is 131 Å². The Bertz CT molecular complexity index is 814. The Morgan fingerprint density at radius 3 is 3.00 bits per heavy atom. The van der Waals surface area contributed by atoms with E-state index in [0.717, 1.165) is 0 Å². The van der Waals surface area contributed by atoms with Crippen LogP contribution in [0.15, 0.2) is 32.6 Å². The molecule has 2 aromatic rings. The van der Waals surface area contributed by atoms with Crippen LogP contribution in [0.2, 0.25) is 0 Å². The van der Waals surface area contributed by atoms with Crippen molar-refractivity contribution in [2.75, 3.05) is 19.8 Å². The lowest BCUT2D eigenvalue weighted by molar-refractivity contribution is 0.0305. The van der Waals surface area contributed by atoms with Gasteiger partial charge < -0.3 is 9.72 Å². The van der Waals surface area contributed by atoms with E-state index >= 15 is 0 Å². The number of hydrogen-bond acceptors (Lipinski definition) is 6. The number of thiophene rings is 1. The molecule has 0 unspecified atom stereocenters. The highest BCUT2D eigenvalue weighted by Gasteiger charge is 2.36. The molecule has 1 aliphatic rings. The molecule has 22 heavy (non-hydrogen) atoms. The summed E-state index contributed by atoms with van der Waals surface area (Å²) in [6, 6.07) is 4.00. The summed E-state index contributed by atoms with van der Waals surface area (Å²) in [6.07, 6.45) is 0. The van der Waals surface area contributed by atoms with Crippen molar-refractivity contribution in [1.29, 1.82) is 0 Å². The fraction of sp³-hybridized carbons (Fsp3) is 0.385. The Morgan fingerprint density at radius 2 is 2.32 bits per heavy atom. The molecule has 0 aliphatic carbocycles. The molecule has 0 bridgehead atoms. The molecule has 3 heterocycles. The third-order valence-corrected chi connectivity index (χ3v) is 6.64. The average Bonchev–Trinajstić information content (AvgIpc) is 3.01. The van der Waals surface area contributed by atoms with Crippen molar-refractivity contribution in [3.63, 3.8) is 0 Å². The molecule has 1 atom stereocenters. The van der Waals surface area contributed by atoms with Crippen LogP contribution in [-0.4, -0.2) is 42.4 Å². The fourth-order valence-corrected chi connectivity index (χ4v) is 5.10. The van der Waals surface area contributed by atoms with E-state index in [1.807, 2.05) is 0 Å². The largest absolute Gasteiger partial charge is 0.378 e. The van der Waals surface area contributed by atoms with E-state index in [0.29, 0.717) is 18.1 Å². The molecule has 7 nitrogen and oxygen atoms in total. The van der Waals surface area contributed by atoms with Crippen LogP contribution in [0.4, 0.5) is 0 Å². The van der Waals surface area contributed by atoms with Crippen LogP contribution < -0.4 is 5.56 Å². The normalized spacial score (nSPS) is 20.1. The maximum Gasteiger partial charge on any atom is 0.253 e. The Hall–Kier alpha value is -1.55. The second-order valence-corrected chi connectivity index (χ2v) is 7.96. The molecule has 1 N–H and O–H groups in total. The number of morpholine rings is 1. The first-order valence-corrected chi connectivity index (χ1v) is 9.01. The second-order valence-electron chi connectivity index (χ2n) is 4.89. The minimum atomic E-state index is -3.62. The van der Waals surface area contributed by atoms with Crippen LogP contribution in [0, 0.1) is 6.92 Å². The number of aryl methyl sites for hydroxylation is 1. The molecule has 0 radical (unpaired) electrons. The van der Waals surface area contributed by atoms with Gasteiger partial charge >= 0.3 is 0 Å². The number of nitrogens with one attached hydrogen (secondary N) is 1. The summed E-state index contributed by atoms with van der Waals surface area (Å²) >= 11 is 1.17. The number of sulfonamides is 1. The fourth-order valence-electron chi connectivity index (χ4n) is 2.41.